The molecule has 4 nitrogen and oxygen atoms in total. The van der Waals surface area contributed by atoms with Crippen LogP contribution in [0.1, 0.15) is 42.8 Å². The molecule has 0 heterocycles. The zero-order valence-corrected chi connectivity index (χ0v) is 17.4. The number of carbonyl (C=O) groups excluding carboxylic acids is 2. The third-order valence-electron chi connectivity index (χ3n) is 3.32. The van der Waals surface area contributed by atoms with Gasteiger partial charge in [0, 0.05) is 20.2 Å². The quantitative estimate of drug-likeness (QED) is 0.454. The van der Waals surface area contributed by atoms with E-state index in [0.29, 0.717) is 5.56 Å². The van der Waals surface area contributed by atoms with E-state index in [9.17, 15) is 14.0 Å². The molecule has 1 unspecified atom stereocenters. The van der Waals surface area contributed by atoms with Crippen LogP contribution in [0.25, 0.3) is 0 Å². The molecule has 0 aromatic heterocycles. The van der Waals surface area contributed by atoms with Crippen molar-refractivity contribution < 1.29 is 18.7 Å². The molecule has 138 valence electrons. The lowest BCUT2D eigenvalue weighted by Gasteiger charge is -2.23. The summed E-state index contributed by atoms with van der Waals surface area (Å²) in [7, 11) is 0. The summed E-state index contributed by atoms with van der Waals surface area (Å²) in [4.78, 5) is 25.1. The van der Waals surface area contributed by atoms with Gasteiger partial charge < -0.3 is 10.1 Å². The lowest BCUT2D eigenvalue weighted by atomic mass is 9.99. The number of amides is 1. The highest BCUT2D eigenvalue weighted by molar-refractivity contribution is 14.1. The third-order valence-corrected chi connectivity index (χ3v) is 4.34. The minimum atomic E-state index is -1.29. The second kappa shape index (κ2) is 8.35. The molecule has 1 amide bonds. The van der Waals surface area contributed by atoms with Crippen LogP contribution in [-0.2, 0) is 4.74 Å². The molecule has 1 N–H and O–H groups in total. The van der Waals surface area contributed by atoms with Crippen LogP contribution in [0, 0.1) is 9.39 Å². The molecule has 7 heteroatoms. The van der Waals surface area contributed by atoms with E-state index in [1.807, 2.05) is 0 Å². The Morgan fingerprint density at radius 2 is 1.77 bits per heavy atom. The van der Waals surface area contributed by atoms with E-state index in [4.69, 9.17) is 16.3 Å². The maximum atomic E-state index is 13.9. The molecule has 2 aromatic carbocycles. The Morgan fingerprint density at radius 3 is 2.31 bits per heavy atom. The number of rotatable bonds is 4. The largest absolute Gasteiger partial charge is 0.433 e. The molecule has 0 aliphatic carbocycles. The summed E-state index contributed by atoms with van der Waals surface area (Å²) in [6.45, 7) is 5.35. The zero-order chi connectivity index (χ0) is 19.5. The molecule has 1 atom stereocenters. The van der Waals surface area contributed by atoms with E-state index in [-0.39, 0.29) is 10.6 Å². The topological polar surface area (TPSA) is 55.4 Å². The van der Waals surface area contributed by atoms with Crippen molar-refractivity contribution in [1.29, 1.82) is 0 Å². The van der Waals surface area contributed by atoms with Gasteiger partial charge in [0.1, 0.15) is 5.82 Å². The van der Waals surface area contributed by atoms with Gasteiger partial charge in [-0.1, -0.05) is 29.8 Å². The zero-order valence-electron chi connectivity index (χ0n) is 14.5. The Balaban J connectivity index is 2.37. The lowest BCUT2D eigenvalue weighted by Crippen LogP contribution is -2.42. The molecule has 0 saturated carbocycles. The van der Waals surface area contributed by atoms with Gasteiger partial charge in [-0.15, -0.1) is 0 Å². The first-order valence-electron chi connectivity index (χ1n) is 7.80. The smallest absolute Gasteiger partial charge is 0.408 e. The molecule has 0 radical (unpaired) electrons. The average molecular weight is 490 g/mol. The fourth-order valence-electron chi connectivity index (χ4n) is 2.16. The standard InChI is InChI=1S/C19H18ClFINO3/c1-19(2,3)23-18(25)26-17(12-6-9-14(20)15(21)10-12)16(24)11-4-7-13(22)8-5-11/h4-10,17H,1-3H3,(H,23,25). The summed E-state index contributed by atoms with van der Waals surface area (Å²) in [6, 6.07) is 10.7. The summed E-state index contributed by atoms with van der Waals surface area (Å²) in [6.07, 6.45) is -2.05. The molecule has 0 aliphatic heterocycles. The van der Waals surface area contributed by atoms with Gasteiger partial charge in [0.25, 0.3) is 0 Å². The fraction of sp³-hybridized carbons (Fsp3) is 0.263. The summed E-state index contributed by atoms with van der Waals surface area (Å²) < 4.78 is 20.2. The van der Waals surface area contributed by atoms with E-state index in [1.165, 1.54) is 12.1 Å². The predicted molar refractivity (Wildman–Crippen MR) is 107 cm³/mol. The van der Waals surface area contributed by atoms with Crippen LogP contribution >= 0.6 is 34.2 Å². The normalized spacial score (nSPS) is 12.4. The van der Waals surface area contributed by atoms with Gasteiger partial charge in [-0.05, 0) is 67.6 Å². The first-order valence-corrected chi connectivity index (χ1v) is 9.26. The molecular weight excluding hydrogens is 472 g/mol. The number of carbonyl (C=O) groups is 2. The number of ketones is 1. The number of hydrogen-bond donors (Lipinski definition) is 1. The Labute approximate surface area is 170 Å². The Bertz CT molecular complexity index is 819. The van der Waals surface area contributed by atoms with E-state index in [1.54, 1.807) is 45.0 Å². The number of nitrogens with one attached hydrogen (secondary N) is 1. The highest BCUT2D eigenvalue weighted by Gasteiger charge is 2.28. The van der Waals surface area contributed by atoms with Crippen molar-refractivity contribution in [2.24, 2.45) is 0 Å². The van der Waals surface area contributed by atoms with Crippen LogP contribution in [0.5, 0.6) is 0 Å². The second-order valence-electron chi connectivity index (χ2n) is 6.71. The molecule has 0 saturated heterocycles. The first kappa shape index (κ1) is 20.6. The minimum absolute atomic E-state index is 0.0756. The first-order chi connectivity index (χ1) is 12.1. The highest BCUT2D eigenvalue weighted by Crippen LogP contribution is 2.27. The molecule has 0 fully saturated rings. The van der Waals surface area contributed by atoms with Crippen LogP contribution in [-0.4, -0.2) is 17.4 Å². The third kappa shape index (κ3) is 5.67. The van der Waals surface area contributed by atoms with Gasteiger partial charge in [-0.3, -0.25) is 4.79 Å². The Morgan fingerprint density at radius 1 is 1.15 bits per heavy atom. The van der Waals surface area contributed by atoms with Crippen LogP contribution < -0.4 is 5.32 Å². The molecule has 0 aliphatic rings. The van der Waals surface area contributed by atoms with Gasteiger partial charge in [0.15, 0.2) is 6.10 Å². The number of hydrogen-bond acceptors (Lipinski definition) is 3. The van der Waals surface area contributed by atoms with Gasteiger partial charge in [-0.2, -0.15) is 0 Å². The summed E-state index contributed by atoms with van der Waals surface area (Å²) in [5.74, 6) is -1.14. The van der Waals surface area contributed by atoms with E-state index in [2.05, 4.69) is 27.9 Å². The Kier molecular flexibility index (Phi) is 6.63. The summed E-state index contributed by atoms with van der Waals surface area (Å²) in [5.41, 5.74) is 0.0209. The van der Waals surface area contributed by atoms with Crippen LogP contribution in [0.15, 0.2) is 42.5 Å². The molecule has 0 bridgehead atoms. The van der Waals surface area contributed by atoms with Crippen LogP contribution in [0.3, 0.4) is 0 Å². The van der Waals surface area contributed by atoms with Crippen molar-refractivity contribution in [2.45, 2.75) is 32.4 Å². The summed E-state index contributed by atoms with van der Waals surface area (Å²) >= 11 is 7.83. The maximum absolute atomic E-state index is 13.9. The number of alkyl carbamates (subject to hydrolysis) is 1. The van der Waals surface area contributed by atoms with Crippen LogP contribution in [0.4, 0.5) is 9.18 Å². The van der Waals surface area contributed by atoms with Crippen molar-refractivity contribution in [2.75, 3.05) is 0 Å². The maximum Gasteiger partial charge on any atom is 0.408 e. The molecule has 0 spiro atoms. The van der Waals surface area contributed by atoms with Gasteiger partial charge in [0.05, 0.1) is 5.02 Å². The predicted octanol–water partition coefficient (Wildman–Crippen LogP) is 5.53. The molecule has 2 aromatic rings. The van der Waals surface area contributed by atoms with Crippen molar-refractivity contribution in [3.05, 3.63) is 68.0 Å². The van der Waals surface area contributed by atoms with E-state index >= 15 is 0 Å². The van der Waals surface area contributed by atoms with Crippen molar-refractivity contribution in [3.63, 3.8) is 0 Å². The van der Waals surface area contributed by atoms with Crippen LogP contribution in [0.2, 0.25) is 5.02 Å². The molecular formula is C19H18ClFINO3. The van der Waals surface area contributed by atoms with Gasteiger partial charge >= 0.3 is 6.09 Å². The lowest BCUT2D eigenvalue weighted by molar-refractivity contribution is 0.0607. The van der Waals surface area contributed by atoms with E-state index in [0.717, 1.165) is 9.64 Å². The minimum Gasteiger partial charge on any atom is -0.433 e. The molecule has 2 rings (SSSR count). The average Bonchev–Trinajstić information content (AvgIpc) is 2.54. The van der Waals surface area contributed by atoms with Crippen molar-refractivity contribution >= 4 is 46.1 Å². The molecule has 26 heavy (non-hydrogen) atoms. The monoisotopic (exact) mass is 489 g/mol. The summed E-state index contributed by atoms with van der Waals surface area (Å²) in [5, 5.41) is 2.55. The van der Waals surface area contributed by atoms with Crippen molar-refractivity contribution in [1.82, 2.24) is 5.32 Å². The number of ether oxygens (including phenoxy) is 1. The highest BCUT2D eigenvalue weighted by atomic mass is 127. The van der Waals surface area contributed by atoms with Crippen molar-refractivity contribution in [3.8, 4) is 0 Å². The fourth-order valence-corrected chi connectivity index (χ4v) is 2.63. The number of benzene rings is 2. The number of halogens is 3. The Hall–Kier alpha value is -1.67. The number of Topliss-reactive ketones (excluding diaryl/α,β-unsaturated/α-hetero) is 1. The second-order valence-corrected chi connectivity index (χ2v) is 8.36. The van der Waals surface area contributed by atoms with E-state index < -0.39 is 29.3 Å². The van der Waals surface area contributed by atoms with Gasteiger partial charge in [0.2, 0.25) is 5.78 Å². The SMILES string of the molecule is CC(C)(C)NC(=O)OC(C(=O)c1ccc(I)cc1)c1ccc(Cl)c(F)c1. The van der Waals surface area contributed by atoms with Gasteiger partial charge in [-0.25, -0.2) is 9.18 Å².